The molecule has 0 aliphatic carbocycles. The molecular weight excluding hydrogens is 255 g/mol. The Bertz CT molecular complexity index is 533. The molecule has 0 bridgehead atoms. The Hall–Kier alpha value is -1.88. The van der Waals surface area contributed by atoms with Gasteiger partial charge in [0, 0.05) is 0 Å². The molecule has 0 unspecified atom stereocenters. The molecule has 18 heavy (non-hydrogen) atoms. The van der Waals surface area contributed by atoms with Crippen molar-refractivity contribution in [1.82, 2.24) is 0 Å². The summed E-state index contributed by atoms with van der Waals surface area (Å²) >= 11 is 1.26. The van der Waals surface area contributed by atoms with Gasteiger partial charge in [0.25, 0.3) is 0 Å². The van der Waals surface area contributed by atoms with Crippen LogP contribution in [0.15, 0.2) is 35.7 Å². The number of rotatable bonds is 4. The molecule has 2 aromatic rings. The molecule has 0 aliphatic heterocycles. The molecule has 0 spiro atoms. The van der Waals surface area contributed by atoms with Crippen molar-refractivity contribution >= 4 is 17.3 Å². The van der Waals surface area contributed by atoms with E-state index in [-0.39, 0.29) is 12.4 Å². The Labute approximate surface area is 108 Å². The van der Waals surface area contributed by atoms with E-state index in [1.165, 1.54) is 30.6 Å². The van der Waals surface area contributed by atoms with Crippen LogP contribution in [-0.4, -0.2) is 13.1 Å². The summed E-state index contributed by atoms with van der Waals surface area (Å²) in [6, 6.07) is 7.72. The molecule has 1 aromatic carbocycles. The fourth-order valence-electron chi connectivity index (χ4n) is 1.39. The first-order valence-electron chi connectivity index (χ1n) is 5.24. The highest BCUT2D eigenvalue weighted by molar-refractivity contribution is 7.12. The predicted molar refractivity (Wildman–Crippen MR) is 66.4 cm³/mol. The first-order chi connectivity index (χ1) is 8.70. The van der Waals surface area contributed by atoms with Crippen LogP contribution >= 0.6 is 11.3 Å². The fourth-order valence-corrected chi connectivity index (χ4v) is 2.14. The standard InChI is InChI=1S/C13H11FO3S/c1-16-13(15)12-11(6-7-18-12)17-8-9-2-4-10(14)5-3-9/h2-7H,8H2,1H3. The Morgan fingerprint density at radius 2 is 2.00 bits per heavy atom. The maximum atomic E-state index is 12.7. The number of benzene rings is 1. The molecule has 3 nitrogen and oxygen atoms in total. The van der Waals surface area contributed by atoms with Crippen LogP contribution in [-0.2, 0) is 11.3 Å². The molecule has 0 radical (unpaired) electrons. The fraction of sp³-hybridized carbons (Fsp3) is 0.154. The summed E-state index contributed by atoms with van der Waals surface area (Å²) in [4.78, 5) is 11.8. The molecule has 5 heteroatoms. The molecule has 2 rings (SSSR count). The summed E-state index contributed by atoms with van der Waals surface area (Å²) in [7, 11) is 1.33. The van der Waals surface area contributed by atoms with E-state index in [4.69, 9.17) is 4.74 Å². The Morgan fingerprint density at radius 1 is 1.28 bits per heavy atom. The second-order valence-corrected chi connectivity index (χ2v) is 4.44. The zero-order valence-electron chi connectivity index (χ0n) is 9.68. The quantitative estimate of drug-likeness (QED) is 0.797. The number of thiophene rings is 1. The maximum absolute atomic E-state index is 12.7. The molecule has 0 N–H and O–H groups in total. The van der Waals surface area contributed by atoms with Crippen LogP contribution < -0.4 is 4.74 Å². The van der Waals surface area contributed by atoms with E-state index in [1.807, 2.05) is 0 Å². The number of esters is 1. The predicted octanol–water partition coefficient (Wildman–Crippen LogP) is 3.25. The number of carbonyl (C=O) groups excluding carboxylic acids is 1. The first kappa shape index (κ1) is 12.6. The van der Waals surface area contributed by atoms with E-state index in [1.54, 1.807) is 23.6 Å². The molecule has 0 amide bonds. The molecular formula is C13H11FO3S. The van der Waals surface area contributed by atoms with Gasteiger partial charge in [-0.3, -0.25) is 0 Å². The minimum absolute atomic E-state index is 0.279. The Balaban J connectivity index is 2.04. The third-order valence-corrected chi connectivity index (χ3v) is 3.18. The summed E-state index contributed by atoms with van der Waals surface area (Å²) in [5.74, 6) is -0.222. The van der Waals surface area contributed by atoms with Gasteiger partial charge >= 0.3 is 5.97 Å². The Morgan fingerprint density at radius 3 is 2.67 bits per heavy atom. The number of hydrogen-bond donors (Lipinski definition) is 0. The molecule has 1 heterocycles. The van der Waals surface area contributed by atoms with Crippen molar-refractivity contribution in [3.05, 3.63) is 52.0 Å². The van der Waals surface area contributed by atoms with Gasteiger partial charge in [-0.2, -0.15) is 0 Å². The van der Waals surface area contributed by atoms with Crippen molar-refractivity contribution in [2.45, 2.75) is 6.61 Å². The maximum Gasteiger partial charge on any atom is 0.351 e. The molecule has 0 aliphatic rings. The van der Waals surface area contributed by atoms with Crippen LogP contribution in [0.2, 0.25) is 0 Å². The zero-order chi connectivity index (χ0) is 13.0. The van der Waals surface area contributed by atoms with E-state index >= 15 is 0 Å². The summed E-state index contributed by atoms with van der Waals surface area (Å²) < 4.78 is 22.9. The highest BCUT2D eigenvalue weighted by Gasteiger charge is 2.14. The monoisotopic (exact) mass is 266 g/mol. The minimum Gasteiger partial charge on any atom is -0.487 e. The van der Waals surface area contributed by atoms with Crippen molar-refractivity contribution in [1.29, 1.82) is 0 Å². The van der Waals surface area contributed by atoms with Crippen molar-refractivity contribution in [3.8, 4) is 5.75 Å². The van der Waals surface area contributed by atoms with E-state index in [0.29, 0.717) is 10.6 Å². The van der Waals surface area contributed by atoms with Gasteiger partial charge in [0.15, 0.2) is 4.88 Å². The average Bonchev–Trinajstić information content (AvgIpc) is 2.85. The number of carbonyl (C=O) groups is 1. The normalized spacial score (nSPS) is 10.1. The zero-order valence-corrected chi connectivity index (χ0v) is 10.5. The molecule has 0 atom stereocenters. The van der Waals surface area contributed by atoms with Gasteiger partial charge in [0.05, 0.1) is 7.11 Å². The van der Waals surface area contributed by atoms with Gasteiger partial charge < -0.3 is 9.47 Å². The second kappa shape index (κ2) is 5.64. The summed E-state index contributed by atoms with van der Waals surface area (Å²) in [5, 5.41) is 1.76. The first-order valence-corrected chi connectivity index (χ1v) is 6.11. The lowest BCUT2D eigenvalue weighted by Crippen LogP contribution is -2.02. The number of hydrogen-bond acceptors (Lipinski definition) is 4. The molecule has 0 saturated heterocycles. The van der Waals surface area contributed by atoms with E-state index in [0.717, 1.165) is 5.56 Å². The lowest BCUT2D eigenvalue weighted by molar-refractivity contribution is 0.0601. The third kappa shape index (κ3) is 2.87. The molecule has 0 fully saturated rings. The summed E-state index contributed by atoms with van der Waals surface area (Å²) in [6.07, 6.45) is 0. The third-order valence-electron chi connectivity index (χ3n) is 2.31. The van der Waals surface area contributed by atoms with E-state index < -0.39 is 5.97 Å². The average molecular weight is 266 g/mol. The summed E-state index contributed by atoms with van der Waals surface area (Å²) in [6.45, 7) is 0.279. The van der Waals surface area contributed by atoms with E-state index in [9.17, 15) is 9.18 Å². The van der Waals surface area contributed by atoms with Crippen molar-refractivity contribution < 1.29 is 18.7 Å². The highest BCUT2D eigenvalue weighted by atomic mass is 32.1. The van der Waals surface area contributed by atoms with Gasteiger partial charge in [-0.25, -0.2) is 9.18 Å². The largest absolute Gasteiger partial charge is 0.487 e. The van der Waals surface area contributed by atoms with Gasteiger partial charge in [-0.05, 0) is 29.1 Å². The van der Waals surface area contributed by atoms with Crippen LogP contribution in [0.3, 0.4) is 0 Å². The van der Waals surface area contributed by atoms with E-state index in [2.05, 4.69) is 4.74 Å². The minimum atomic E-state index is -0.417. The Kier molecular flexibility index (Phi) is 3.94. The number of halogens is 1. The van der Waals surface area contributed by atoms with Crippen LogP contribution in [0.1, 0.15) is 15.2 Å². The van der Waals surface area contributed by atoms with Crippen LogP contribution in [0, 0.1) is 5.82 Å². The van der Waals surface area contributed by atoms with Gasteiger partial charge in [0.1, 0.15) is 18.2 Å². The topological polar surface area (TPSA) is 35.5 Å². The van der Waals surface area contributed by atoms with Gasteiger partial charge in [0.2, 0.25) is 0 Å². The van der Waals surface area contributed by atoms with Crippen LogP contribution in [0.5, 0.6) is 5.75 Å². The lowest BCUT2D eigenvalue weighted by Gasteiger charge is -2.06. The van der Waals surface area contributed by atoms with Crippen molar-refractivity contribution in [3.63, 3.8) is 0 Å². The van der Waals surface area contributed by atoms with Crippen molar-refractivity contribution in [2.24, 2.45) is 0 Å². The smallest absolute Gasteiger partial charge is 0.351 e. The van der Waals surface area contributed by atoms with Crippen LogP contribution in [0.4, 0.5) is 4.39 Å². The SMILES string of the molecule is COC(=O)c1sccc1OCc1ccc(F)cc1. The molecule has 94 valence electrons. The van der Waals surface area contributed by atoms with Crippen LogP contribution in [0.25, 0.3) is 0 Å². The summed E-state index contributed by atoms with van der Waals surface area (Å²) in [5.41, 5.74) is 0.832. The number of ether oxygens (including phenoxy) is 2. The second-order valence-electron chi connectivity index (χ2n) is 3.52. The van der Waals surface area contributed by atoms with Gasteiger partial charge in [-0.15, -0.1) is 11.3 Å². The molecule has 1 aromatic heterocycles. The van der Waals surface area contributed by atoms with Crippen molar-refractivity contribution in [2.75, 3.05) is 7.11 Å². The highest BCUT2D eigenvalue weighted by Crippen LogP contribution is 2.26. The lowest BCUT2D eigenvalue weighted by atomic mass is 10.2. The molecule has 0 saturated carbocycles. The van der Waals surface area contributed by atoms with Gasteiger partial charge in [-0.1, -0.05) is 12.1 Å². The number of methoxy groups -OCH3 is 1.